The smallest absolute Gasteiger partial charge is 0.271 e. The summed E-state index contributed by atoms with van der Waals surface area (Å²) >= 11 is 1.37. The van der Waals surface area contributed by atoms with Gasteiger partial charge in [0.2, 0.25) is 0 Å². The summed E-state index contributed by atoms with van der Waals surface area (Å²) in [5.74, 6) is 1.16. The minimum atomic E-state index is -0.240. The zero-order valence-corrected chi connectivity index (χ0v) is 13.9. The maximum absolute atomic E-state index is 12.0. The highest BCUT2D eigenvalue weighted by Gasteiger charge is 2.11. The van der Waals surface area contributed by atoms with Gasteiger partial charge in [0.1, 0.15) is 22.2 Å². The molecule has 0 bridgehead atoms. The van der Waals surface area contributed by atoms with Crippen LogP contribution in [0.1, 0.15) is 21.1 Å². The number of rotatable bonds is 6. The molecule has 6 nitrogen and oxygen atoms in total. The number of aromatic nitrogens is 1. The Kier molecular flexibility index (Phi) is 7.10. The molecule has 0 fully saturated rings. The van der Waals surface area contributed by atoms with Gasteiger partial charge in [-0.15, -0.1) is 23.7 Å². The van der Waals surface area contributed by atoms with Crippen molar-refractivity contribution in [2.45, 2.75) is 13.1 Å². The van der Waals surface area contributed by atoms with Gasteiger partial charge in [0.05, 0.1) is 14.2 Å². The van der Waals surface area contributed by atoms with Crippen molar-refractivity contribution >= 4 is 29.7 Å². The topological polar surface area (TPSA) is 86.5 Å². The zero-order valence-electron chi connectivity index (χ0n) is 12.3. The maximum Gasteiger partial charge on any atom is 0.271 e. The van der Waals surface area contributed by atoms with E-state index in [1.165, 1.54) is 11.3 Å². The van der Waals surface area contributed by atoms with Crippen LogP contribution in [0, 0.1) is 0 Å². The Morgan fingerprint density at radius 3 is 2.73 bits per heavy atom. The summed E-state index contributed by atoms with van der Waals surface area (Å²) in [5, 5.41) is 5.24. The molecule has 3 N–H and O–H groups in total. The Bertz CT molecular complexity index is 634. The number of benzene rings is 1. The molecule has 0 aliphatic carbocycles. The predicted molar refractivity (Wildman–Crippen MR) is 88.0 cm³/mol. The SMILES string of the molecule is COc1ccc(OC)c(CNC(=O)c2csc(CN)n2)c1.Cl. The normalized spacial score (nSPS) is 9.77. The number of ether oxygens (including phenoxy) is 2. The van der Waals surface area contributed by atoms with Gasteiger partial charge >= 0.3 is 0 Å². The summed E-state index contributed by atoms with van der Waals surface area (Å²) in [5.41, 5.74) is 6.69. The van der Waals surface area contributed by atoms with Crippen molar-refractivity contribution in [3.05, 3.63) is 39.8 Å². The second-order valence-electron chi connectivity index (χ2n) is 4.19. The van der Waals surface area contributed by atoms with Gasteiger partial charge < -0.3 is 20.5 Å². The van der Waals surface area contributed by atoms with Gasteiger partial charge in [0.25, 0.3) is 5.91 Å². The third-order valence-electron chi connectivity index (χ3n) is 2.89. The Morgan fingerprint density at radius 1 is 1.36 bits per heavy atom. The molecule has 2 aromatic rings. The van der Waals surface area contributed by atoms with E-state index in [2.05, 4.69) is 10.3 Å². The molecule has 1 aromatic heterocycles. The van der Waals surface area contributed by atoms with E-state index in [4.69, 9.17) is 15.2 Å². The van der Waals surface area contributed by atoms with Crippen molar-refractivity contribution in [3.63, 3.8) is 0 Å². The second kappa shape index (κ2) is 8.57. The zero-order chi connectivity index (χ0) is 15.2. The van der Waals surface area contributed by atoms with Crippen LogP contribution in [0.15, 0.2) is 23.6 Å². The average molecular weight is 344 g/mol. The Labute approximate surface area is 139 Å². The number of halogens is 1. The molecule has 1 heterocycles. The van der Waals surface area contributed by atoms with Crippen molar-refractivity contribution in [2.75, 3.05) is 14.2 Å². The molecule has 22 heavy (non-hydrogen) atoms. The van der Waals surface area contributed by atoms with Gasteiger partial charge in [-0.2, -0.15) is 0 Å². The monoisotopic (exact) mass is 343 g/mol. The number of hydrogen-bond donors (Lipinski definition) is 2. The van der Waals surface area contributed by atoms with Crippen molar-refractivity contribution in [1.82, 2.24) is 10.3 Å². The molecule has 8 heteroatoms. The van der Waals surface area contributed by atoms with Crippen LogP contribution < -0.4 is 20.5 Å². The van der Waals surface area contributed by atoms with E-state index in [0.717, 1.165) is 10.6 Å². The molecule has 0 saturated heterocycles. The summed E-state index contributed by atoms with van der Waals surface area (Å²) in [6, 6.07) is 5.43. The molecule has 0 radical (unpaired) electrons. The van der Waals surface area contributed by atoms with E-state index in [0.29, 0.717) is 30.3 Å². The first-order valence-electron chi connectivity index (χ1n) is 6.31. The summed E-state index contributed by atoms with van der Waals surface area (Å²) in [6.45, 7) is 0.663. The molecule has 0 aliphatic heterocycles. The lowest BCUT2D eigenvalue weighted by Crippen LogP contribution is -2.23. The van der Waals surface area contributed by atoms with Gasteiger partial charge in [0, 0.05) is 24.0 Å². The van der Waals surface area contributed by atoms with E-state index < -0.39 is 0 Å². The van der Waals surface area contributed by atoms with Gasteiger partial charge in [-0.1, -0.05) is 0 Å². The van der Waals surface area contributed by atoms with Crippen LogP contribution in [0.5, 0.6) is 11.5 Å². The highest BCUT2D eigenvalue weighted by Crippen LogP contribution is 2.23. The number of nitrogens with zero attached hydrogens (tertiary/aromatic N) is 1. The van der Waals surface area contributed by atoms with Crippen LogP contribution in [-0.4, -0.2) is 25.1 Å². The lowest BCUT2D eigenvalue weighted by Gasteiger charge is -2.11. The lowest BCUT2D eigenvalue weighted by molar-refractivity contribution is 0.0946. The molecule has 0 aliphatic rings. The summed E-state index contributed by atoms with van der Waals surface area (Å²) in [4.78, 5) is 16.2. The molecule has 0 saturated carbocycles. The standard InChI is InChI=1S/C14H17N3O3S.ClH/c1-19-10-3-4-12(20-2)9(5-10)7-16-14(18)11-8-21-13(6-15)17-11;/h3-5,8H,6-7,15H2,1-2H3,(H,16,18);1H. The van der Waals surface area contributed by atoms with Gasteiger partial charge in [-0.25, -0.2) is 4.98 Å². The third kappa shape index (κ3) is 4.33. The van der Waals surface area contributed by atoms with E-state index in [1.54, 1.807) is 31.7 Å². The second-order valence-corrected chi connectivity index (χ2v) is 5.13. The average Bonchev–Trinajstić information content (AvgIpc) is 3.01. The number of thiazole rings is 1. The van der Waals surface area contributed by atoms with Crippen molar-refractivity contribution in [2.24, 2.45) is 5.73 Å². The van der Waals surface area contributed by atoms with E-state index in [-0.39, 0.29) is 18.3 Å². The van der Waals surface area contributed by atoms with Crippen LogP contribution in [0.4, 0.5) is 0 Å². The number of nitrogens with two attached hydrogens (primary N) is 1. The first-order chi connectivity index (χ1) is 10.2. The molecule has 2 rings (SSSR count). The Hall–Kier alpha value is -1.83. The summed E-state index contributed by atoms with van der Waals surface area (Å²) in [6.07, 6.45) is 0. The van der Waals surface area contributed by atoms with Gasteiger partial charge in [-0.05, 0) is 18.2 Å². The Balaban J connectivity index is 0.00000242. The summed E-state index contributed by atoms with van der Waals surface area (Å²) in [7, 11) is 3.18. The molecule has 0 atom stereocenters. The molecule has 0 spiro atoms. The van der Waals surface area contributed by atoms with Crippen LogP contribution in [0.2, 0.25) is 0 Å². The fraction of sp³-hybridized carbons (Fsp3) is 0.286. The van der Waals surface area contributed by atoms with Gasteiger partial charge in [-0.3, -0.25) is 4.79 Å². The number of carbonyl (C=O) groups is 1. The van der Waals surface area contributed by atoms with Crippen LogP contribution >= 0.6 is 23.7 Å². The van der Waals surface area contributed by atoms with Gasteiger partial charge in [0.15, 0.2) is 0 Å². The Morgan fingerprint density at radius 2 is 2.14 bits per heavy atom. The summed E-state index contributed by atoms with van der Waals surface area (Å²) < 4.78 is 10.4. The molecule has 120 valence electrons. The molecule has 1 aromatic carbocycles. The highest BCUT2D eigenvalue weighted by atomic mass is 35.5. The fourth-order valence-corrected chi connectivity index (χ4v) is 2.45. The minimum Gasteiger partial charge on any atom is -0.497 e. The molecule has 0 unspecified atom stereocenters. The predicted octanol–water partition coefficient (Wildman–Crippen LogP) is 1.97. The first-order valence-corrected chi connectivity index (χ1v) is 7.19. The van der Waals surface area contributed by atoms with Crippen LogP contribution in [-0.2, 0) is 13.1 Å². The van der Waals surface area contributed by atoms with E-state index in [1.807, 2.05) is 6.07 Å². The maximum atomic E-state index is 12.0. The van der Waals surface area contributed by atoms with Crippen LogP contribution in [0.3, 0.4) is 0 Å². The number of nitrogens with one attached hydrogen (secondary N) is 1. The van der Waals surface area contributed by atoms with Crippen molar-refractivity contribution < 1.29 is 14.3 Å². The third-order valence-corrected chi connectivity index (χ3v) is 3.76. The molecular formula is C14H18ClN3O3S. The molecule has 1 amide bonds. The minimum absolute atomic E-state index is 0. The largest absolute Gasteiger partial charge is 0.497 e. The van der Waals surface area contributed by atoms with E-state index >= 15 is 0 Å². The van der Waals surface area contributed by atoms with Crippen molar-refractivity contribution in [3.8, 4) is 11.5 Å². The quantitative estimate of drug-likeness (QED) is 0.837. The fourth-order valence-electron chi connectivity index (χ4n) is 1.80. The number of hydrogen-bond acceptors (Lipinski definition) is 6. The number of methoxy groups -OCH3 is 2. The highest BCUT2D eigenvalue weighted by molar-refractivity contribution is 7.09. The lowest BCUT2D eigenvalue weighted by atomic mass is 10.2. The molecular weight excluding hydrogens is 326 g/mol. The van der Waals surface area contributed by atoms with E-state index in [9.17, 15) is 4.79 Å². The van der Waals surface area contributed by atoms with Crippen molar-refractivity contribution in [1.29, 1.82) is 0 Å². The van der Waals surface area contributed by atoms with Crippen LogP contribution in [0.25, 0.3) is 0 Å². The number of amides is 1. The number of carbonyl (C=O) groups excluding carboxylic acids is 1. The first kappa shape index (κ1) is 18.2.